The number of aliphatic carboxylic acids is 1. The predicted molar refractivity (Wildman–Crippen MR) is 78.4 cm³/mol. The van der Waals surface area contributed by atoms with Crippen molar-refractivity contribution in [2.45, 2.75) is 33.1 Å². The highest BCUT2D eigenvalue weighted by Crippen LogP contribution is 2.22. The van der Waals surface area contributed by atoms with Crippen LogP contribution in [0.25, 0.3) is 0 Å². The van der Waals surface area contributed by atoms with E-state index < -0.39 is 35.3 Å². The smallest absolute Gasteiger partial charge is 0.308 e. The molecule has 0 saturated heterocycles. The Hall–Kier alpha value is -1.98. The number of halogens is 2. The van der Waals surface area contributed by atoms with Gasteiger partial charge in [-0.3, -0.25) is 9.59 Å². The molecule has 0 aliphatic rings. The van der Waals surface area contributed by atoms with Gasteiger partial charge in [0.2, 0.25) is 5.91 Å². The van der Waals surface area contributed by atoms with Crippen LogP contribution in [0.5, 0.6) is 0 Å². The van der Waals surface area contributed by atoms with E-state index >= 15 is 0 Å². The molecule has 0 heterocycles. The molecule has 4 nitrogen and oxygen atoms in total. The van der Waals surface area contributed by atoms with Gasteiger partial charge in [-0.1, -0.05) is 19.9 Å². The molecule has 122 valence electrons. The summed E-state index contributed by atoms with van der Waals surface area (Å²) in [6, 6.07) is 3.39. The van der Waals surface area contributed by atoms with Crippen LogP contribution in [0, 0.1) is 23.5 Å². The molecule has 2 atom stereocenters. The van der Waals surface area contributed by atoms with Gasteiger partial charge >= 0.3 is 5.97 Å². The Kier molecular flexibility index (Phi) is 6.46. The minimum Gasteiger partial charge on any atom is -0.481 e. The zero-order chi connectivity index (χ0) is 16.9. The molecule has 0 aromatic heterocycles. The maximum Gasteiger partial charge on any atom is 0.308 e. The molecule has 22 heavy (non-hydrogen) atoms. The molecule has 1 aromatic carbocycles. The van der Waals surface area contributed by atoms with Crippen LogP contribution in [-0.4, -0.2) is 23.5 Å². The lowest BCUT2D eigenvalue weighted by Gasteiger charge is -2.18. The van der Waals surface area contributed by atoms with Gasteiger partial charge < -0.3 is 10.4 Å². The van der Waals surface area contributed by atoms with Gasteiger partial charge in [0, 0.05) is 12.1 Å². The average molecular weight is 313 g/mol. The van der Waals surface area contributed by atoms with Crippen molar-refractivity contribution in [3.63, 3.8) is 0 Å². The number of carboxylic acid groups (broad SMARTS) is 1. The van der Waals surface area contributed by atoms with Crippen LogP contribution < -0.4 is 5.32 Å². The summed E-state index contributed by atoms with van der Waals surface area (Å²) in [5.41, 5.74) is -0.310. The van der Waals surface area contributed by atoms with Gasteiger partial charge in [-0.15, -0.1) is 0 Å². The summed E-state index contributed by atoms with van der Waals surface area (Å²) in [7, 11) is 0. The average Bonchev–Trinajstić information content (AvgIpc) is 2.42. The van der Waals surface area contributed by atoms with Gasteiger partial charge in [0.1, 0.15) is 11.6 Å². The number of carbonyl (C=O) groups is 2. The predicted octanol–water partition coefficient (Wildman–Crippen LogP) is 2.93. The molecular formula is C16H21F2NO3. The number of carbonyl (C=O) groups excluding carboxylic acids is 1. The Morgan fingerprint density at radius 2 is 1.73 bits per heavy atom. The van der Waals surface area contributed by atoms with Gasteiger partial charge in [-0.05, 0) is 31.4 Å². The van der Waals surface area contributed by atoms with E-state index in [-0.39, 0.29) is 18.0 Å². The minimum absolute atomic E-state index is 0.0627. The normalized spacial score (nSPS) is 13.7. The van der Waals surface area contributed by atoms with E-state index in [4.69, 9.17) is 5.11 Å². The van der Waals surface area contributed by atoms with Gasteiger partial charge in [-0.2, -0.15) is 0 Å². The first-order chi connectivity index (χ1) is 10.2. The second-order valence-electron chi connectivity index (χ2n) is 5.77. The number of rotatable bonds is 7. The van der Waals surface area contributed by atoms with E-state index in [1.165, 1.54) is 13.0 Å². The third-order valence-electron chi connectivity index (χ3n) is 3.45. The summed E-state index contributed by atoms with van der Waals surface area (Å²) in [6.07, 6.45) is 0.415. The molecule has 1 aromatic rings. The summed E-state index contributed by atoms with van der Waals surface area (Å²) >= 11 is 0. The first-order valence-corrected chi connectivity index (χ1v) is 7.18. The molecule has 0 bridgehead atoms. The standard InChI is InChI=1S/C16H21F2NO3/c1-9(2)7-11(16(21)22)8-19-15(20)10(3)14-12(17)5-4-6-13(14)18/h4-6,9-11H,7-8H2,1-3H3,(H,19,20)(H,21,22). The van der Waals surface area contributed by atoms with Crippen LogP contribution in [0.15, 0.2) is 18.2 Å². The first-order valence-electron chi connectivity index (χ1n) is 7.18. The number of benzene rings is 1. The second kappa shape index (κ2) is 7.87. The summed E-state index contributed by atoms with van der Waals surface area (Å²) in [6.45, 7) is 5.09. The van der Waals surface area contributed by atoms with Crippen LogP contribution in [0.4, 0.5) is 8.78 Å². The number of hydrogen-bond acceptors (Lipinski definition) is 2. The fourth-order valence-corrected chi connectivity index (χ4v) is 2.27. The molecular weight excluding hydrogens is 292 g/mol. The Morgan fingerprint density at radius 1 is 1.18 bits per heavy atom. The van der Waals surface area contributed by atoms with Crippen LogP contribution >= 0.6 is 0 Å². The van der Waals surface area contributed by atoms with Crippen molar-refractivity contribution in [3.05, 3.63) is 35.4 Å². The second-order valence-corrected chi connectivity index (χ2v) is 5.77. The van der Waals surface area contributed by atoms with E-state index in [0.29, 0.717) is 6.42 Å². The van der Waals surface area contributed by atoms with Gasteiger partial charge in [-0.25, -0.2) is 8.78 Å². The van der Waals surface area contributed by atoms with Crippen LogP contribution in [0.2, 0.25) is 0 Å². The van der Waals surface area contributed by atoms with Crippen molar-refractivity contribution >= 4 is 11.9 Å². The molecule has 2 N–H and O–H groups in total. The fraction of sp³-hybridized carbons (Fsp3) is 0.500. The van der Waals surface area contributed by atoms with E-state index in [9.17, 15) is 18.4 Å². The van der Waals surface area contributed by atoms with Gasteiger partial charge in [0.05, 0.1) is 11.8 Å². The third-order valence-corrected chi connectivity index (χ3v) is 3.45. The zero-order valence-electron chi connectivity index (χ0n) is 12.9. The minimum atomic E-state index is -1.03. The van der Waals surface area contributed by atoms with E-state index in [2.05, 4.69) is 5.32 Å². The number of nitrogens with one attached hydrogen (secondary N) is 1. The zero-order valence-corrected chi connectivity index (χ0v) is 12.9. The monoisotopic (exact) mass is 313 g/mol. The molecule has 0 spiro atoms. The van der Waals surface area contributed by atoms with Crippen molar-refractivity contribution in [2.75, 3.05) is 6.54 Å². The highest BCUT2D eigenvalue weighted by Gasteiger charge is 2.25. The Bertz CT molecular complexity index is 526. The maximum absolute atomic E-state index is 13.6. The van der Waals surface area contributed by atoms with Crippen molar-refractivity contribution < 1.29 is 23.5 Å². The van der Waals surface area contributed by atoms with E-state index in [1.54, 1.807) is 0 Å². The summed E-state index contributed by atoms with van der Waals surface area (Å²) in [4.78, 5) is 23.1. The van der Waals surface area contributed by atoms with Gasteiger partial charge in [0.15, 0.2) is 0 Å². The van der Waals surface area contributed by atoms with Crippen molar-refractivity contribution in [1.29, 1.82) is 0 Å². The number of hydrogen-bond donors (Lipinski definition) is 2. The van der Waals surface area contributed by atoms with E-state index in [1.807, 2.05) is 13.8 Å². The molecule has 6 heteroatoms. The SMILES string of the molecule is CC(C)CC(CNC(=O)C(C)c1c(F)cccc1F)C(=O)O. The highest BCUT2D eigenvalue weighted by atomic mass is 19.1. The lowest BCUT2D eigenvalue weighted by Crippen LogP contribution is -2.36. The third kappa shape index (κ3) is 4.79. The van der Waals surface area contributed by atoms with Crippen LogP contribution in [-0.2, 0) is 9.59 Å². The largest absolute Gasteiger partial charge is 0.481 e. The van der Waals surface area contributed by atoms with Crippen molar-refractivity contribution in [2.24, 2.45) is 11.8 Å². The Labute approximate surface area is 128 Å². The number of amides is 1. The maximum atomic E-state index is 13.6. The Balaban J connectivity index is 2.74. The molecule has 0 saturated carbocycles. The van der Waals surface area contributed by atoms with Crippen LogP contribution in [0.3, 0.4) is 0 Å². The van der Waals surface area contributed by atoms with Gasteiger partial charge in [0.25, 0.3) is 0 Å². The van der Waals surface area contributed by atoms with E-state index in [0.717, 1.165) is 12.1 Å². The first kappa shape index (κ1) is 18.1. The lowest BCUT2D eigenvalue weighted by molar-refractivity contribution is -0.142. The molecule has 1 amide bonds. The topological polar surface area (TPSA) is 66.4 Å². The molecule has 1 rings (SSSR count). The number of carboxylic acids is 1. The molecule has 0 fully saturated rings. The summed E-state index contributed by atoms with van der Waals surface area (Å²) in [5, 5.41) is 11.6. The van der Waals surface area contributed by atoms with Crippen molar-refractivity contribution in [3.8, 4) is 0 Å². The molecule has 0 radical (unpaired) electrons. The van der Waals surface area contributed by atoms with Crippen molar-refractivity contribution in [1.82, 2.24) is 5.32 Å². The summed E-state index contributed by atoms with van der Waals surface area (Å²) < 4.78 is 27.3. The molecule has 0 aliphatic carbocycles. The quantitative estimate of drug-likeness (QED) is 0.813. The highest BCUT2D eigenvalue weighted by molar-refractivity contribution is 5.83. The van der Waals surface area contributed by atoms with Crippen LogP contribution in [0.1, 0.15) is 38.7 Å². The fourth-order valence-electron chi connectivity index (χ4n) is 2.27. The molecule has 2 unspecified atom stereocenters. The molecule has 0 aliphatic heterocycles. The Morgan fingerprint density at radius 3 is 2.18 bits per heavy atom. The summed E-state index contributed by atoms with van der Waals surface area (Å²) in [5.74, 6) is -4.77. The lowest BCUT2D eigenvalue weighted by atomic mass is 9.96.